The maximum atomic E-state index is 15.1. The number of aliphatic carboxylic acids is 1. The molecule has 0 radical (unpaired) electrons. The lowest BCUT2D eigenvalue weighted by Gasteiger charge is -2.32. The standard InChI is InChI=1S/C61H88N14O13/c1-7-8-20-40-52(80)70-44(29-36-17-10-9-11-18-36)59(87)74-26-15-23-46(74)55(83)72-49(34(4)5)57(85)67-41(22-14-25-64-61(62)63)51(79)68-42(28-33(2)3)53(81)71-45(30-37-32-65-39-21-13-12-19-38(37)39)60(88)75-27-16-24-47(75)56(84)73-50(35(6)76)58(86)69-43(31-48(77)78)54(82)66-40/h9-13,17-19,21,32-35,40-47,49-50,65,76H,7-8,14-16,20,22-31H2,1-6H3,(H,66,82)(H,67,85)(H,68,79)(H,69,86)(H,70,80)(H,71,81)(H,72,83)(H,73,84)(H,77,78)(H4,62,63,64)/t35-,40+,41+,42+,43+,44-,45-,46+,47+,49+,50+/m1/s1. The van der Waals surface area contributed by atoms with Gasteiger partial charge in [0.05, 0.1) is 12.5 Å². The van der Waals surface area contributed by atoms with Crippen molar-refractivity contribution in [1.82, 2.24) is 57.3 Å². The summed E-state index contributed by atoms with van der Waals surface area (Å²) in [6, 6.07) is 1.79. The monoisotopic (exact) mass is 1220 g/mol. The number of aliphatic imine (C=N–C) groups is 1. The normalized spacial score (nSPS) is 25.7. The van der Waals surface area contributed by atoms with Crippen LogP contribution in [-0.2, 0) is 65.6 Å². The van der Waals surface area contributed by atoms with E-state index in [0.29, 0.717) is 36.8 Å². The van der Waals surface area contributed by atoms with Gasteiger partial charge in [0.1, 0.15) is 60.4 Å². The minimum Gasteiger partial charge on any atom is -0.481 e. The Bertz CT molecular complexity index is 3000. The number of nitrogens with two attached hydrogens (primary N) is 2. The number of unbranched alkanes of at least 4 members (excludes halogenated alkanes) is 1. The number of amides is 10. The molecular weight excluding hydrogens is 1140 g/mol. The van der Waals surface area contributed by atoms with E-state index < -0.39 is 144 Å². The van der Waals surface area contributed by atoms with Crippen LogP contribution in [0, 0.1) is 11.8 Å². The SMILES string of the molecule is CCCC[C@@H]1NC(=O)[C@H](CC(=O)O)NC(=O)[C@H]([C@@H](C)O)NC(=O)[C@@H]2CCCN2C(=O)[C@@H](Cc2c[nH]c3ccccc23)NC(=O)[C@H](CC(C)C)NC(=O)[C@H](CCCN=C(N)N)NC(=O)[C@H](C(C)C)NC(=O)[C@@H]2CCCN2C(=O)[C@@H](Cc2ccccc2)NC1=O. The molecule has 0 unspecified atom stereocenters. The van der Waals surface area contributed by atoms with Gasteiger partial charge in [-0.2, -0.15) is 0 Å². The van der Waals surface area contributed by atoms with Gasteiger partial charge in [0.25, 0.3) is 0 Å². The van der Waals surface area contributed by atoms with Gasteiger partial charge in [0.15, 0.2) is 5.96 Å². The number of carboxylic acids is 1. The van der Waals surface area contributed by atoms with Crippen LogP contribution >= 0.6 is 0 Å². The van der Waals surface area contributed by atoms with Crippen LogP contribution in [0.3, 0.4) is 0 Å². The van der Waals surface area contributed by atoms with Crippen molar-refractivity contribution in [2.24, 2.45) is 28.3 Å². The van der Waals surface area contributed by atoms with Gasteiger partial charge >= 0.3 is 5.97 Å². The van der Waals surface area contributed by atoms with E-state index in [-0.39, 0.29) is 82.9 Å². The predicted molar refractivity (Wildman–Crippen MR) is 325 cm³/mol. The fourth-order valence-electron chi connectivity index (χ4n) is 11.4. The highest BCUT2D eigenvalue weighted by Crippen LogP contribution is 2.25. The maximum absolute atomic E-state index is 15.1. The molecule has 27 heteroatoms. The molecule has 11 atom stereocenters. The summed E-state index contributed by atoms with van der Waals surface area (Å²) < 4.78 is 0. The molecule has 27 nitrogen and oxygen atoms in total. The Hall–Kier alpha value is -8.62. The van der Waals surface area contributed by atoms with Crippen LogP contribution < -0.4 is 54.0 Å². The summed E-state index contributed by atoms with van der Waals surface area (Å²) in [4.78, 5) is 168. The van der Waals surface area contributed by atoms with Crippen LogP contribution in [0.2, 0.25) is 0 Å². The number of aromatic nitrogens is 1. The number of nitrogens with one attached hydrogen (secondary N) is 9. The fraction of sp³-hybridized carbons (Fsp3) is 0.574. The Morgan fingerprint density at radius 1 is 0.591 bits per heavy atom. The number of benzene rings is 2. The molecule has 3 fully saturated rings. The molecule has 3 aliphatic rings. The van der Waals surface area contributed by atoms with E-state index in [2.05, 4.69) is 52.5 Å². The molecule has 15 N–H and O–H groups in total. The Morgan fingerprint density at radius 2 is 1.08 bits per heavy atom. The number of rotatable bonds is 17. The van der Waals surface area contributed by atoms with Crippen LogP contribution in [0.4, 0.5) is 0 Å². The molecule has 0 spiro atoms. The third-order valence-electron chi connectivity index (χ3n) is 16.0. The number of H-pyrrole nitrogens is 1. The lowest BCUT2D eigenvalue weighted by molar-refractivity contribution is -0.144. The van der Waals surface area contributed by atoms with Crippen LogP contribution in [-0.4, -0.2) is 182 Å². The first-order valence-corrected chi connectivity index (χ1v) is 30.4. The smallest absolute Gasteiger partial charge is 0.305 e. The number of carbonyl (C=O) groups is 11. The molecule has 6 rings (SSSR count). The molecule has 3 aliphatic heterocycles. The summed E-state index contributed by atoms with van der Waals surface area (Å²) in [5.41, 5.74) is 13.2. The second kappa shape index (κ2) is 32.4. The topological polar surface area (TPSA) is 411 Å². The Balaban J connectivity index is 1.43. The van der Waals surface area contributed by atoms with E-state index in [0.717, 1.165) is 10.9 Å². The van der Waals surface area contributed by atoms with Crippen molar-refractivity contribution < 1.29 is 63.0 Å². The first kappa shape index (κ1) is 68.5. The number of nitrogens with zero attached hydrogens (tertiary/aromatic N) is 3. The number of carbonyl (C=O) groups excluding carboxylic acids is 10. The van der Waals surface area contributed by atoms with Gasteiger partial charge in [-0.3, -0.25) is 57.7 Å². The molecule has 0 aliphatic carbocycles. The largest absolute Gasteiger partial charge is 0.481 e. The second-order valence-electron chi connectivity index (χ2n) is 23.8. The van der Waals surface area contributed by atoms with Crippen molar-refractivity contribution in [1.29, 1.82) is 0 Å². The van der Waals surface area contributed by atoms with E-state index in [1.165, 1.54) is 16.7 Å². The molecule has 3 aromatic rings. The fourth-order valence-corrected chi connectivity index (χ4v) is 11.4. The van der Waals surface area contributed by atoms with Gasteiger partial charge in [-0.1, -0.05) is 96.0 Å². The van der Waals surface area contributed by atoms with Gasteiger partial charge in [-0.25, -0.2) is 0 Å². The summed E-state index contributed by atoms with van der Waals surface area (Å²) in [6.07, 6.45) is 0.782. The van der Waals surface area contributed by atoms with E-state index in [1.54, 1.807) is 56.4 Å². The molecule has 0 bridgehead atoms. The maximum Gasteiger partial charge on any atom is 0.305 e. The van der Waals surface area contributed by atoms with Crippen LogP contribution in [0.5, 0.6) is 0 Å². The second-order valence-corrected chi connectivity index (χ2v) is 23.8. The van der Waals surface area contributed by atoms with Crippen molar-refractivity contribution in [3.05, 3.63) is 71.9 Å². The molecule has 480 valence electrons. The Morgan fingerprint density at radius 3 is 1.64 bits per heavy atom. The summed E-state index contributed by atoms with van der Waals surface area (Å²) in [6.45, 7) is 10.2. The summed E-state index contributed by atoms with van der Waals surface area (Å²) in [5.74, 6) is -11.0. The third-order valence-corrected chi connectivity index (χ3v) is 16.0. The molecule has 2 aromatic carbocycles. The highest BCUT2D eigenvalue weighted by Gasteiger charge is 2.44. The van der Waals surface area contributed by atoms with Crippen LogP contribution in [0.1, 0.15) is 123 Å². The van der Waals surface area contributed by atoms with Crippen LogP contribution in [0.15, 0.2) is 65.8 Å². The Labute approximate surface area is 511 Å². The minimum atomic E-state index is -1.88. The van der Waals surface area contributed by atoms with Crippen molar-refractivity contribution in [2.45, 2.75) is 192 Å². The average molecular weight is 1230 g/mol. The van der Waals surface area contributed by atoms with Gasteiger partial charge in [-0.15, -0.1) is 0 Å². The number of guanidine groups is 1. The molecular formula is C61H88N14O13. The lowest BCUT2D eigenvalue weighted by atomic mass is 9.99. The van der Waals surface area contributed by atoms with Crippen molar-refractivity contribution in [3.63, 3.8) is 0 Å². The zero-order valence-electron chi connectivity index (χ0n) is 51.0. The predicted octanol–water partition coefficient (Wildman–Crippen LogP) is -0.372. The summed E-state index contributed by atoms with van der Waals surface area (Å²) in [7, 11) is 0. The van der Waals surface area contributed by atoms with Gasteiger partial charge < -0.3 is 79.0 Å². The number of para-hydroxylation sites is 1. The van der Waals surface area contributed by atoms with E-state index >= 15 is 4.79 Å². The van der Waals surface area contributed by atoms with Gasteiger partial charge in [0.2, 0.25) is 59.1 Å². The number of hydrogen-bond acceptors (Lipinski definition) is 13. The molecule has 3 saturated heterocycles. The zero-order chi connectivity index (χ0) is 64.4. The number of aliphatic hydroxyl groups is 1. The average Bonchev–Trinajstić information content (AvgIpc) is 4.48. The molecule has 88 heavy (non-hydrogen) atoms. The molecule has 10 amide bonds. The zero-order valence-corrected chi connectivity index (χ0v) is 51.0. The summed E-state index contributed by atoms with van der Waals surface area (Å²) in [5, 5.41) is 43.2. The third kappa shape index (κ3) is 18.9. The number of aromatic amines is 1. The highest BCUT2D eigenvalue weighted by atomic mass is 16.4. The van der Waals surface area contributed by atoms with E-state index in [1.807, 2.05) is 39.0 Å². The van der Waals surface area contributed by atoms with Crippen molar-refractivity contribution in [3.8, 4) is 0 Å². The number of aliphatic hydroxyl groups excluding tert-OH is 1. The van der Waals surface area contributed by atoms with Gasteiger partial charge in [0, 0.05) is 49.6 Å². The Kier molecular flexibility index (Phi) is 25.2. The number of carboxylic acid groups (broad SMARTS) is 1. The van der Waals surface area contributed by atoms with E-state index in [4.69, 9.17) is 11.5 Å². The van der Waals surface area contributed by atoms with Crippen molar-refractivity contribution >= 4 is 81.9 Å². The first-order chi connectivity index (χ1) is 41.9. The molecule has 4 heterocycles. The molecule has 1 aromatic heterocycles. The highest BCUT2D eigenvalue weighted by molar-refractivity contribution is 6.01. The lowest BCUT2D eigenvalue weighted by Crippen LogP contribution is -2.62. The number of fused-ring (bicyclic) bond motifs is 3. The number of hydrogen-bond donors (Lipinski definition) is 13. The van der Waals surface area contributed by atoms with E-state index in [9.17, 15) is 58.2 Å². The first-order valence-electron chi connectivity index (χ1n) is 30.4. The minimum absolute atomic E-state index is 0.00590. The summed E-state index contributed by atoms with van der Waals surface area (Å²) >= 11 is 0. The van der Waals surface area contributed by atoms with Crippen molar-refractivity contribution in [2.75, 3.05) is 19.6 Å². The quantitative estimate of drug-likeness (QED) is 0.0466. The molecule has 0 saturated carbocycles. The van der Waals surface area contributed by atoms with Crippen LogP contribution in [0.25, 0.3) is 10.9 Å². The van der Waals surface area contributed by atoms with Gasteiger partial charge in [-0.05, 0) is 87.3 Å².